The number of rotatable bonds is 7. The molecule has 0 unspecified atom stereocenters. The van der Waals surface area contributed by atoms with Gasteiger partial charge < -0.3 is 20.6 Å². The molecule has 3 aromatic rings. The number of β-amino-alcohol motifs (C(OH)–C–C–N with tert-alkyl or cyclic N) is 1. The van der Waals surface area contributed by atoms with E-state index in [1.807, 2.05) is 19.1 Å². The number of hydrogen-bond donors (Lipinski definition) is 3. The number of nitrogens with one attached hydrogen (secondary N) is 2. The highest BCUT2D eigenvalue weighted by molar-refractivity contribution is 7.17. The van der Waals surface area contributed by atoms with Crippen LogP contribution in [0.3, 0.4) is 0 Å². The van der Waals surface area contributed by atoms with Crippen LogP contribution in [-0.4, -0.2) is 70.1 Å². The van der Waals surface area contributed by atoms with E-state index in [9.17, 15) is 9.90 Å². The topological polar surface area (TPSA) is 107 Å². The maximum Gasteiger partial charge on any atom is 0.267 e. The molecule has 0 saturated carbocycles. The predicted octanol–water partition coefficient (Wildman–Crippen LogP) is 3.31. The second-order valence-corrected chi connectivity index (χ2v) is 8.93. The Morgan fingerprint density at radius 2 is 2.06 bits per heavy atom. The quantitative estimate of drug-likeness (QED) is 0.464. The third kappa shape index (κ3) is 5.77. The number of nitrogens with zero attached hydrogens (tertiary/aromatic N) is 5. The third-order valence-corrected chi connectivity index (χ3v) is 6.37. The van der Waals surface area contributed by atoms with Crippen molar-refractivity contribution >= 4 is 51.3 Å². The van der Waals surface area contributed by atoms with E-state index in [0.717, 1.165) is 5.56 Å². The highest BCUT2D eigenvalue weighted by atomic mass is 35.5. The molecule has 0 spiro atoms. The number of aryl methyl sites for hydroxylation is 2. The van der Waals surface area contributed by atoms with Crippen molar-refractivity contribution < 1.29 is 12.6 Å². The zero-order valence-corrected chi connectivity index (χ0v) is 19.9. The van der Waals surface area contributed by atoms with Crippen molar-refractivity contribution in [1.82, 2.24) is 19.9 Å². The first-order valence-corrected chi connectivity index (χ1v) is 11.6. The Labute approximate surface area is 204 Å². The number of piperazine rings is 1. The van der Waals surface area contributed by atoms with Crippen LogP contribution in [-0.2, 0) is 0 Å². The van der Waals surface area contributed by atoms with Gasteiger partial charge in [0, 0.05) is 41.5 Å². The number of thiazole rings is 1. The molecule has 0 atom stereocenters. The number of amides is 1. The summed E-state index contributed by atoms with van der Waals surface area (Å²) in [6, 6.07) is 7.23. The van der Waals surface area contributed by atoms with Gasteiger partial charge in [-0.2, -0.15) is 0 Å². The van der Waals surface area contributed by atoms with E-state index in [4.69, 9.17) is 14.3 Å². The van der Waals surface area contributed by atoms with Gasteiger partial charge in [-0.05, 0) is 25.5 Å². The fraction of sp³-hybridized carbons (Fsp3) is 0.364. The molecule has 1 aliphatic heterocycles. The minimum absolute atomic E-state index is 0.299. The molecule has 9 nitrogen and oxygen atoms in total. The van der Waals surface area contributed by atoms with Crippen LogP contribution >= 0.6 is 22.9 Å². The van der Waals surface area contributed by atoms with Gasteiger partial charge in [0.1, 0.15) is 22.3 Å². The van der Waals surface area contributed by atoms with Crippen molar-refractivity contribution in [2.75, 3.05) is 54.8 Å². The van der Waals surface area contributed by atoms with Crippen LogP contribution in [0.4, 0.5) is 22.5 Å². The van der Waals surface area contributed by atoms with Gasteiger partial charge in [-0.25, -0.2) is 15.0 Å². The van der Waals surface area contributed by atoms with E-state index < -0.39 is 13.1 Å². The summed E-state index contributed by atoms with van der Waals surface area (Å²) < 4.78 is 15.8. The summed E-state index contributed by atoms with van der Waals surface area (Å²) in [7, 11) is 0. The van der Waals surface area contributed by atoms with Crippen molar-refractivity contribution in [1.29, 1.82) is 0 Å². The van der Waals surface area contributed by atoms with E-state index in [0.29, 0.717) is 64.4 Å². The van der Waals surface area contributed by atoms with Crippen LogP contribution in [0.2, 0.25) is 5.02 Å². The fourth-order valence-corrected chi connectivity index (χ4v) is 4.47. The molecule has 0 bridgehead atoms. The molecule has 1 aromatic carbocycles. The Morgan fingerprint density at radius 3 is 2.79 bits per heavy atom. The van der Waals surface area contributed by atoms with Crippen LogP contribution < -0.4 is 15.5 Å². The number of aliphatic hydroxyl groups excluding tert-OH is 1. The molecule has 33 heavy (non-hydrogen) atoms. The van der Waals surface area contributed by atoms with Crippen molar-refractivity contribution in [3.05, 3.63) is 51.7 Å². The maximum absolute atomic E-state index is 12.7. The number of aromatic nitrogens is 3. The summed E-state index contributed by atoms with van der Waals surface area (Å²) in [6.07, 6.45) is 1.50. The Hall–Kier alpha value is -2.79. The summed E-state index contributed by atoms with van der Waals surface area (Å²) in [4.78, 5) is 30.1. The maximum atomic E-state index is 12.7. The number of aliphatic hydroxyl groups is 1. The minimum atomic E-state index is -1.74. The standard InChI is InChI=1S/C22H26ClN7O2S/c1-14-4-3-5-16(23)20(14)28-21(32)17-13-24-22(33-17)27-18-12-19(26-15(2)25-18)30-8-6-29(7-9-30)10-11-31/h3-5,12-13,31H,6-11H2,1-2H3,(H,28,32)(H,24,25,26,27)/i10D2. The smallest absolute Gasteiger partial charge is 0.267 e. The van der Waals surface area contributed by atoms with E-state index in [1.54, 1.807) is 24.0 Å². The summed E-state index contributed by atoms with van der Waals surface area (Å²) in [5.74, 6) is 1.53. The van der Waals surface area contributed by atoms with Gasteiger partial charge in [-0.1, -0.05) is 35.1 Å². The molecule has 0 radical (unpaired) electrons. The van der Waals surface area contributed by atoms with Crippen molar-refractivity contribution in [3.8, 4) is 0 Å². The molecule has 4 rings (SSSR count). The second kappa shape index (κ2) is 10.4. The molecule has 1 aliphatic rings. The fourth-order valence-electron chi connectivity index (χ4n) is 3.48. The monoisotopic (exact) mass is 489 g/mol. The van der Waals surface area contributed by atoms with Gasteiger partial charge in [-0.15, -0.1) is 0 Å². The molecular formula is C22H26ClN7O2S. The first-order chi connectivity index (χ1) is 16.7. The molecule has 3 heterocycles. The van der Waals surface area contributed by atoms with Crippen LogP contribution in [0.1, 0.15) is 23.8 Å². The Balaban J connectivity index is 1.43. The average Bonchev–Trinajstić information content (AvgIpc) is 3.29. The number of anilines is 4. The number of carbonyl (C=O) groups excluding carboxylic acids is 1. The predicted molar refractivity (Wildman–Crippen MR) is 132 cm³/mol. The summed E-state index contributed by atoms with van der Waals surface area (Å²) in [6.45, 7) is 3.46. The molecule has 1 saturated heterocycles. The van der Waals surface area contributed by atoms with Crippen molar-refractivity contribution in [2.45, 2.75) is 13.8 Å². The lowest BCUT2D eigenvalue weighted by molar-refractivity contribution is 0.103. The van der Waals surface area contributed by atoms with Crippen LogP contribution in [0.5, 0.6) is 0 Å². The van der Waals surface area contributed by atoms with Gasteiger partial charge in [0.25, 0.3) is 5.91 Å². The van der Waals surface area contributed by atoms with Gasteiger partial charge in [-0.3, -0.25) is 9.69 Å². The van der Waals surface area contributed by atoms with Crippen LogP contribution in [0.25, 0.3) is 0 Å². The van der Waals surface area contributed by atoms with Gasteiger partial charge in [0.15, 0.2) is 5.13 Å². The molecule has 2 aromatic heterocycles. The van der Waals surface area contributed by atoms with E-state index in [-0.39, 0.29) is 5.91 Å². The molecule has 174 valence electrons. The second-order valence-electron chi connectivity index (χ2n) is 7.49. The first kappa shape index (κ1) is 20.8. The summed E-state index contributed by atoms with van der Waals surface area (Å²) in [5.41, 5.74) is 1.44. The van der Waals surface area contributed by atoms with E-state index in [1.165, 1.54) is 17.5 Å². The first-order valence-electron chi connectivity index (χ1n) is 11.4. The number of hydrogen-bond acceptors (Lipinski definition) is 9. The van der Waals surface area contributed by atoms with E-state index in [2.05, 4.69) is 30.5 Å². The number of carbonyl (C=O) groups is 1. The van der Waals surface area contributed by atoms with Gasteiger partial charge in [0.05, 0.1) is 23.5 Å². The lowest BCUT2D eigenvalue weighted by Crippen LogP contribution is -2.47. The summed E-state index contributed by atoms with van der Waals surface area (Å²) >= 11 is 7.41. The van der Waals surface area contributed by atoms with Crippen molar-refractivity contribution in [3.63, 3.8) is 0 Å². The Bertz CT molecular complexity index is 1200. The zero-order chi connectivity index (χ0) is 25.2. The van der Waals surface area contributed by atoms with Crippen LogP contribution in [0, 0.1) is 13.8 Å². The molecular weight excluding hydrogens is 462 g/mol. The number of para-hydroxylation sites is 1. The lowest BCUT2D eigenvalue weighted by Gasteiger charge is -2.35. The highest BCUT2D eigenvalue weighted by Crippen LogP contribution is 2.28. The number of halogens is 1. The third-order valence-electron chi connectivity index (χ3n) is 5.15. The summed E-state index contributed by atoms with van der Waals surface area (Å²) in [5, 5.41) is 16.3. The SMILES string of the molecule is [2H]C([2H])(CO)N1CCN(c2cc(Nc3ncc(C(=O)Nc4c(C)cccc4Cl)s3)nc(C)n2)CC1. The Morgan fingerprint density at radius 1 is 1.27 bits per heavy atom. The lowest BCUT2D eigenvalue weighted by atomic mass is 10.2. The minimum Gasteiger partial charge on any atom is -0.395 e. The molecule has 3 N–H and O–H groups in total. The average molecular weight is 490 g/mol. The van der Waals surface area contributed by atoms with Crippen molar-refractivity contribution in [2.24, 2.45) is 0 Å². The number of benzene rings is 1. The van der Waals surface area contributed by atoms with Gasteiger partial charge in [0.2, 0.25) is 0 Å². The van der Waals surface area contributed by atoms with E-state index >= 15 is 0 Å². The van der Waals surface area contributed by atoms with Gasteiger partial charge >= 0.3 is 0 Å². The largest absolute Gasteiger partial charge is 0.395 e. The molecule has 11 heteroatoms. The zero-order valence-electron chi connectivity index (χ0n) is 20.3. The van der Waals surface area contributed by atoms with Crippen LogP contribution in [0.15, 0.2) is 30.5 Å². The molecule has 1 fully saturated rings. The molecule has 0 aliphatic carbocycles. The highest BCUT2D eigenvalue weighted by Gasteiger charge is 2.19. The Kier molecular flexibility index (Phi) is 6.57. The normalized spacial score (nSPS) is 15.7. The molecule has 1 amide bonds.